The zero-order valence-corrected chi connectivity index (χ0v) is 10.8. The van der Waals surface area contributed by atoms with Crippen LogP contribution in [0.15, 0.2) is 18.2 Å². The number of rotatable bonds is 5. The van der Waals surface area contributed by atoms with Crippen molar-refractivity contribution in [1.82, 2.24) is 4.98 Å². The Morgan fingerprint density at radius 1 is 1.50 bits per heavy atom. The molecule has 0 amide bonds. The second-order valence-corrected chi connectivity index (χ2v) is 4.53. The summed E-state index contributed by atoms with van der Waals surface area (Å²) in [5.41, 5.74) is 6.20. The Hall–Kier alpha value is -1.16. The van der Waals surface area contributed by atoms with Crippen LogP contribution in [-0.2, 0) is 0 Å². The first kappa shape index (κ1) is 12.9. The minimum absolute atomic E-state index is 0.333. The second kappa shape index (κ2) is 5.80. The molecule has 1 aromatic heterocycles. The molecule has 0 saturated heterocycles. The smallest absolute Gasteiger partial charge is 0.126 e. The van der Waals surface area contributed by atoms with Crippen molar-refractivity contribution < 1.29 is 0 Å². The van der Waals surface area contributed by atoms with Crippen LogP contribution in [0.3, 0.4) is 0 Å². The van der Waals surface area contributed by atoms with E-state index in [1.165, 1.54) is 0 Å². The molecule has 16 heavy (non-hydrogen) atoms. The molecular formula is C12H19N3S. The Labute approximate surface area is 102 Å². The van der Waals surface area contributed by atoms with Gasteiger partial charge in [0.05, 0.1) is 5.69 Å². The van der Waals surface area contributed by atoms with Crippen LogP contribution in [-0.4, -0.2) is 16.0 Å². The number of pyridine rings is 1. The van der Waals surface area contributed by atoms with Gasteiger partial charge in [0.2, 0.25) is 0 Å². The maximum Gasteiger partial charge on any atom is 0.126 e. The topological polar surface area (TPSA) is 50.9 Å². The fourth-order valence-corrected chi connectivity index (χ4v) is 1.50. The van der Waals surface area contributed by atoms with E-state index in [9.17, 15) is 0 Å². The van der Waals surface area contributed by atoms with Gasteiger partial charge in [-0.2, -0.15) is 0 Å². The van der Waals surface area contributed by atoms with Gasteiger partial charge in [0.15, 0.2) is 0 Å². The first-order chi connectivity index (χ1) is 7.54. The fraction of sp³-hybridized carbons (Fsp3) is 0.500. The first-order valence-electron chi connectivity index (χ1n) is 5.58. The van der Waals surface area contributed by atoms with Crippen LogP contribution >= 0.6 is 12.2 Å². The van der Waals surface area contributed by atoms with E-state index in [1.54, 1.807) is 0 Å². The molecule has 1 aromatic rings. The molecule has 0 fully saturated rings. The highest BCUT2D eigenvalue weighted by atomic mass is 32.1. The van der Waals surface area contributed by atoms with E-state index < -0.39 is 0 Å². The third kappa shape index (κ3) is 3.45. The van der Waals surface area contributed by atoms with Gasteiger partial charge >= 0.3 is 0 Å². The number of thiocarbonyl (C=S) groups is 1. The Bertz CT molecular complexity index is 365. The number of nitrogens with zero attached hydrogens (tertiary/aromatic N) is 1. The third-order valence-corrected chi connectivity index (χ3v) is 3.08. The molecule has 0 aliphatic carbocycles. The molecule has 0 aliphatic heterocycles. The fourth-order valence-electron chi connectivity index (χ4n) is 1.38. The predicted molar refractivity (Wildman–Crippen MR) is 72.7 cm³/mol. The zero-order chi connectivity index (χ0) is 12.1. The van der Waals surface area contributed by atoms with Gasteiger partial charge in [0.25, 0.3) is 0 Å². The predicted octanol–water partition coefficient (Wildman–Crippen LogP) is 2.56. The molecular weight excluding hydrogens is 218 g/mol. The Morgan fingerprint density at radius 2 is 2.19 bits per heavy atom. The number of aromatic nitrogens is 1. The van der Waals surface area contributed by atoms with E-state index in [-0.39, 0.29) is 0 Å². The monoisotopic (exact) mass is 237 g/mol. The largest absolute Gasteiger partial charge is 0.388 e. The van der Waals surface area contributed by atoms with E-state index in [0.717, 1.165) is 12.2 Å². The lowest BCUT2D eigenvalue weighted by Gasteiger charge is -2.20. The highest BCUT2D eigenvalue weighted by Crippen LogP contribution is 2.13. The van der Waals surface area contributed by atoms with E-state index in [4.69, 9.17) is 18.0 Å². The quantitative estimate of drug-likeness (QED) is 0.773. The molecule has 1 rings (SSSR count). The van der Waals surface area contributed by atoms with Crippen LogP contribution in [0.2, 0.25) is 0 Å². The lowest BCUT2D eigenvalue weighted by Crippen LogP contribution is -2.24. The summed E-state index contributed by atoms with van der Waals surface area (Å²) >= 11 is 4.90. The van der Waals surface area contributed by atoms with Crippen LogP contribution < -0.4 is 11.1 Å². The lowest BCUT2D eigenvalue weighted by molar-refractivity contribution is 0.493. The summed E-state index contributed by atoms with van der Waals surface area (Å²) in [5.74, 6) is 1.44. The van der Waals surface area contributed by atoms with Crippen LogP contribution in [0.25, 0.3) is 0 Å². The van der Waals surface area contributed by atoms with Crippen molar-refractivity contribution in [3.05, 3.63) is 23.9 Å². The van der Waals surface area contributed by atoms with Gasteiger partial charge in [-0.3, -0.25) is 0 Å². The SMILES string of the molecule is CCC(C)C(C)Nc1cccc(C(N)=S)n1. The second-order valence-electron chi connectivity index (χ2n) is 4.09. The number of hydrogen-bond donors (Lipinski definition) is 2. The summed E-state index contributed by atoms with van der Waals surface area (Å²) in [6, 6.07) is 6.05. The molecule has 0 aromatic carbocycles. The van der Waals surface area contributed by atoms with Crippen molar-refractivity contribution in [1.29, 1.82) is 0 Å². The van der Waals surface area contributed by atoms with Gasteiger partial charge < -0.3 is 11.1 Å². The molecule has 3 N–H and O–H groups in total. The van der Waals surface area contributed by atoms with Gasteiger partial charge in [0, 0.05) is 6.04 Å². The average molecular weight is 237 g/mol. The molecule has 1 heterocycles. The van der Waals surface area contributed by atoms with E-state index >= 15 is 0 Å². The number of hydrogen-bond acceptors (Lipinski definition) is 3. The summed E-state index contributed by atoms with van der Waals surface area (Å²) < 4.78 is 0. The van der Waals surface area contributed by atoms with Crippen LogP contribution in [0, 0.1) is 5.92 Å². The Morgan fingerprint density at radius 3 is 2.75 bits per heavy atom. The van der Waals surface area contributed by atoms with Crippen LogP contribution in [0.1, 0.15) is 32.9 Å². The van der Waals surface area contributed by atoms with E-state index in [2.05, 4.69) is 31.1 Å². The summed E-state index contributed by atoms with van der Waals surface area (Å²) in [5, 5.41) is 3.36. The Kier molecular flexibility index (Phi) is 4.68. The number of nitrogens with one attached hydrogen (secondary N) is 1. The van der Waals surface area contributed by atoms with Crippen molar-refractivity contribution in [3.63, 3.8) is 0 Å². The van der Waals surface area contributed by atoms with Crippen LogP contribution in [0.5, 0.6) is 0 Å². The standard InChI is InChI=1S/C12H19N3S/c1-4-8(2)9(3)14-11-7-5-6-10(15-11)12(13)16/h5-9H,4H2,1-3H3,(H2,13,16)(H,14,15). The molecule has 3 nitrogen and oxygen atoms in total. The molecule has 0 aliphatic rings. The molecule has 2 unspecified atom stereocenters. The van der Waals surface area contributed by atoms with Crippen molar-refractivity contribution in [2.75, 3.05) is 5.32 Å². The van der Waals surface area contributed by atoms with Gasteiger partial charge in [-0.05, 0) is 25.0 Å². The maximum atomic E-state index is 5.54. The molecule has 0 radical (unpaired) electrons. The first-order valence-corrected chi connectivity index (χ1v) is 5.98. The number of nitrogens with two attached hydrogens (primary N) is 1. The minimum Gasteiger partial charge on any atom is -0.388 e. The van der Waals surface area contributed by atoms with Crippen LogP contribution in [0.4, 0.5) is 5.82 Å². The molecule has 4 heteroatoms. The highest BCUT2D eigenvalue weighted by molar-refractivity contribution is 7.80. The lowest BCUT2D eigenvalue weighted by atomic mass is 10.0. The minimum atomic E-state index is 0.333. The third-order valence-electron chi connectivity index (χ3n) is 2.87. The average Bonchev–Trinajstić information content (AvgIpc) is 2.28. The molecule has 0 spiro atoms. The van der Waals surface area contributed by atoms with Gasteiger partial charge in [-0.1, -0.05) is 38.6 Å². The summed E-state index contributed by atoms with van der Waals surface area (Å²) in [6.45, 7) is 6.56. The van der Waals surface area contributed by atoms with Gasteiger partial charge in [-0.25, -0.2) is 4.98 Å². The maximum absolute atomic E-state index is 5.54. The molecule has 88 valence electrons. The van der Waals surface area contributed by atoms with Crippen molar-refractivity contribution in [2.45, 2.75) is 33.2 Å². The summed E-state index contributed by atoms with van der Waals surface area (Å²) in [4.78, 5) is 4.68. The normalized spacial score (nSPS) is 14.2. The van der Waals surface area contributed by atoms with Crippen molar-refractivity contribution in [2.24, 2.45) is 11.7 Å². The molecule has 2 atom stereocenters. The van der Waals surface area contributed by atoms with Gasteiger partial charge in [0.1, 0.15) is 10.8 Å². The van der Waals surface area contributed by atoms with E-state index in [1.807, 2.05) is 18.2 Å². The highest BCUT2D eigenvalue weighted by Gasteiger charge is 2.10. The Balaban J connectivity index is 2.74. The summed E-state index contributed by atoms with van der Waals surface area (Å²) in [6.07, 6.45) is 1.14. The van der Waals surface area contributed by atoms with Crippen molar-refractivity contribution >= 4 is 23.0 Å². The molecule has 0 bridgehead atoms. The number of anilines is 1. The summed E-state index contributed by atoms with van der Waals surface area (Å²) in [7, 11) is 0. The van der Waals surface area contributed by atoms with Gasteiger partial charge in [-0.15, -0.1) is 0 Å². The zero-order valence-electron chi connectivity index (χ0n) is 10.0. The van der Waals surface area contributed by atoms with Crippen molar-refractivity contribution in [3.8, 4) is 0 Å². The van der Waals surface area contributed by atoms with E-state index in [0.29, 0.717) is 22.6 Å². The molecule has 0 saturated carbocycles.